The van der Waals surface area contributed by atoms with E-state index in [0.717, 1.165) is 25.7 Å². The van der Waals surface area contributed by atoms with Crippen molar-refractivity contribution in [1.82, 2.24) is 0 Å². The molecule has 0 saturated carbocycles. The molecule has 0 aliphatic carbocycles. The quantitative estimate of drug-likeness (QED) is 0.0372. The molecule has 11 nitrogen and oxygen atoms in total. The fourth-order valence-electron chi connectivity index (χ4n) is 3.96. The largest absolute Gasteiger partial charge is 0.522 e. The van der Waals surface area contributed by atoms with Crippen molar-refractivity contribution in [2.45, 2.75) is 115 Å². The molecule has 1 N–H and O–H groups in total. The second kappa shape index (κ2) is 23.2. The third-order valence-electron chi connectivity index (χ3n) is 6.22. The Balaban J connectivity index is 5.15. The van der Waals surface area contributed by atoms with Crippen molar-refractivity contribution in [1.29, 1.82) is 0 Å². The molecule has 0 fully saturated rings. The van der Waals surface area contributed by atoms with E-state index >= 15 is 0 Å². The van der Waals surface area contributed by atoms with E-state index in [1.165, 1.54) is 0 Å². The molecule has 0 rings (SSSR count). The van der Waals surface area contributed by atoms with Crippen LogP contribution < -0.4 is 0 Å². The lowest BCUT2D eigenvalue weighted by atomic mass is 10.0. The maximum atomic E-state index is 12.9. The van der Waals surface area contributed by atoms with Crippen LogP contribution in [0.4, 0.5) is 26.3 Å². The van der Waals surface area contributed by atoms with Gasteiger partial charge in [-0.05, 0) is 44.9 Å². The Hall–Kier alpha value is -2.18. The highest BCUT2D eigenvalue weighted by atomic mass is 32.2. The summed E-state index contributed by atoms with van der Waals surface area (Å²) in [6.45, 7) is 0.134. The summed E-state index contributed by atoms with van der Waals surface area (Å²) in [5.41, 5.74) is 0. The first-order valence-corrected chi connectivity index (χ1v) is 16.3. The summed E-state index contributed by atoms with van der Waals surface area (Å²) in [6.07, 6.45) is -4.79. The summed E-state index contributed by atoms with van der Waals surface area (Å²) in [5, 5.41) is -2.54. The van der Waals surface area contributed by atoms with E-state index in [4.69, 9.17) is 14.2 Å². The molecule has 0 bridgehead atoms. The van der Waals surface area contributed by atoms with Crippen molar-refractivity contribution in [3.05, 3.63) is 0 Å². The molecule has 0 aromatic heterocycles. The maximum absolute atomic E-state index is 12.9. The number of halogens is 6. The van der Waals surface area contributed by atoms with Gasteiger partial charge in [0.2, 0.25) is 0 Å². The number of ether oxygens (including phenoxy) is 5. The highest BCUT2D eigenvalue weighted by molar-refractivity contribution is 7.87. The van der Waals surface area contributed by atoms with Crippen LogP contribution in [-0.4, -0.2) is 81.9 Å². The van der Waals surface area contributed by atoms with E-state index < -0.39 is 78.2 Å². The topological polar surface area (TPSA) is 152 Å². The highest BCUT2D eigenvalue weighted by Crippen LogP contribution is 2.22. The van der Waals surface area contributed by atoms with E-state index in [1.54, 1.807) is 0 Å². The van der Waals surface area contributed by atoms with E-state index in [-0.39, 0.29) is 58.2 Å². The molecule has 18 heteroatoms. The number of esters is 3. The first-order chi connectivity index (χ1) is 21.0. The van der Waals surface area contributed by atoms with Crippen molar-refractivity contribution in [2.24, 2.45) is 5.92 Å². The molecule has 0 radical (unpaired) electrons. The molecule has 0 aliphatic heterocycles. The van der Waals surface area contributed by atoms with E-state index in [0.29, 0.717) is 12.8 Å². The lowest BCUT2D eigenvalue weighted by Crippen LogP contribution is -2.44. The average molecular weight is 691 g/mol. The first kappa shape index (κ1) is 42.8. The fraction of sp³-hybridized carbons (Fsp3) is 0.889. The van der Waals surface area contributed by atoms with Gasteiger partial charge in [0.05, 0.1) is 45.4 Å². The molecule has 0 aliphatic rings. The van der Waals surface area contributed by atoms with Crippen molar-refractivity contribution in [3.8, 4) is 0 Å². The Kier molecular flexibility index (Phi) is 22.1. The summed E-state index contributed by atoms with van der Waals surface area (Å²) in [4.78, 5) is 38.0. The minimum atomic E-state index is -5.33. The predicted octanol–water partition coefficient (Wildman–Crippen LogP) is 6.04. The van der Waals surface area contributed by atoms with Gasteiger partial charge < -0.3 is 14.2 Å². The lowest BCUT2D eigenvalue weighted by molar-refractivity contribution is -0.325. The standard InChI is InChI=1S/C27H44F6O11S/c1-2-3-4-5-10-15-40-22(34)20-21(24(35)41-16-11-6-8-13-18-43-26(28,29)30)23(45(37,38)39)25(36)42-17-12-7-9-14-19-44-27(31,32)33/h21,23H,2-20H2,1H3,(H,37,38,39). The van der Waals surface area contributed by atoms with Crippen LogP contribution in [0.15, 0.2) is 0 Å². The monoisotopic (exact) mass is 690 g/mol. The van der Waals surface area contributed by atoms with Crippen LogP contribution in [0, 0.1) is 5.92 Å². The number of carbonyl (C=O) groups is 3. The Bertz CT molecular complexity index is 942. The normalized spacial score (nSPS) is 13.7. The van der Waals surface area contributed by atoms with Crippen molar-refractivity contribution in [3.63, 3.8) is 0 Å². The molecule has 0 heterocycles. The Morgan fingerprint density at radius 2 is 0.978 bits per heavy atom. The van der Waals surface area contributed by atoms with Crippen LogP contribution in [0.3, 0.4) is 0 Å². The van der Waals surface area contributed by atoms with Gasteiger partial charge in [0, 0.05) is 0 Å². The van der Waals surface area contributed by atoms with Crippen LogP contribution in [-0.2, 0) is 48.2 Å². The molecular formula is C27H44F6O11S. The zero-order valence-corrected chi connectivity index (χ0v) is 26.1. The SMILES string of the molecule is CCCCCCCOC(=O)CC(C(=O)OCCCCCCOC(F)(F)F)C(C(=O)OCCCCCCOC(F)(F)F)S(=O)(=O)O. The molecule has 0 saturated heterocycles. The van der Waals surface area contributed by atoms with Crippen molar-refractivity contribution in [2.75, 3.05) is 33.0 Å². The Labute approximate surface area is 259 Å². The number of rotatable bonds is 26. The fourth-order valence-corrected chi connectivity index (χ4v) is 4.90. The molecule has 2 unspecified atom stereocenters. The molecule has 266 valence electrons. The summed E-state index contributed by atoms with van der Waals surface area (Å²) in [7, 11) is -5.33. The molecular weight excluding hydrogens is 646 g/mol. The molecule has 0 amide bonds. The second-order valence-corrected chi connectivity index (χ2v) is 11.7. The van der Waals surface area contributed by atoms with E-state index in [2.05, 4.69) is 9.47 Å². The van der Waals surface area contributed by atoms with Gasteiger partial charge in [0.1, 0.15) is 0 Å². The molecule has 45 heavy (non-hydrogen) atoms. The van der Waals surface area contributed by atoms with Crippen LogP contribution in [0.25, 0.3) is 0 Å². The van der Waals surface area contributed by atoms with Crippen molar-refractivity contribution < 1.29 is 77.4 Å². The third kappa shape index (κ3) is 24.7. The van der Waals surface area contributed by atoms with Crippen molar-refractivity contribution >= 4 is 28.0 Å². The van der Waals surface area contributed by atoms with E-state index in [1.807, 2.05) is 6.92 Å². The number of carbonyl (C=O) groups excluding carboxylic acids is 3. The van der Waals surface area contributed by atoms with Gasteiger partial charge in [-0.2, -0.15) is 8.42 Å². The zero-order valence-electron chi connectivity index (χ0n) is 25.3. The lowest BCUT2D eigenvalue weighted by Gasteiger charge is -2.22. The van der Waals surface area contributed by atoms with E-state index in [9.17, 15) is 53.7 Å². The number of hydrogen-bond acceptors (Lipinski definition) is 10. The smallest absolute Gasteiger partial charge is 0.466 e. The van der Waals surface area contributed by atoms with Gasteiger partial charge in [0.15, 0.2) is 5.25 Å². The number of alkyl halides is 6. The summed E-state index contributed by atoms with van der Waals surface area (Å²) < 4.78 is 129. The van der Waals surface area contributed by atoms with Gasteiger partial charge >= 0.3 is 30.6 Å². The predicted molar refractivity (Wildman–Crippen MR) is 146 cm³/mol. The number of hydrogen-bond donors (Lipinski definition) is 1. The summed E-state index contributed by atoms with van der Waals surface area (Å²) in [6, 6.07) is 0. The Morgan fingerprint density at radius 3 is 1.38 bits per heavy atom. The minimum Gasteiger partial charge on any atom is -0.466 e. The van der Waals surface area contributed by atoms with Crippen LogP contribution in [0.5, 0.6) is 0 Å². The third-order valence-corrected chi connectivity index (χ3v) is 7.38. The van der Waals surface area contributed by atoms with Gasteiger partial charge in [-0.1, -0.05) is 45.4 Å². The summed E-state index contributed by atoms with van der Waals surface area (Å²) in [5.74, 6) is -5.93. The first-order valence-electron chi connectivity index (χ1n) is 14.8. The second-order valence-electron chi connectivity index (χ2n) is 10.1. The summed E-state index contributed by atoms with van der Waals surface area (Å²) >= 11 is 0. The van der Waals surface area contributed by atoms with Crippen LogP contribution in [0.1, 0.15) is 96.8 Å². The van der Waals surface area contributed by atoms with Gasteiger partial charge in [-0.25, -0.2) is 0 Å². The minimum absolute atomic E-state index is 0.0304. The molecule has 2 atom stereocenters. The maximum Gasteiger partial charge on any atom is 0.522 e. The van der Waals surface area contributed by atoms with Gasteiger partial charge in [-0.3, -0.25) is 28.4 Å². The van der Waals surface area contributed by atoms with Gasteiger partial charge in [0.25, 0.3) is 10.1 Å². The molecule has 0 aromatic rings. The Morgan fingerprint density at radius 1 is 0.600 bits per heavy atom. The number of unbranched alkanes of at least 4 members (excludes halogenated alkanes) is 10. The molecule has 0 aromatic carbocycles. The molecule has 0 spiro atoms. The average Bonchev–Trinajstić information content (AvgIpc) is 2.91. The van der Waals surface area contributed by atoms with Crippen LogP contribution >= 0.6 is 0 Å². The zero-order chi connectivity index (χ0) is 34.4. The van der Waals surface area contributed by atoms with Gasteiger partial charge in [-0.15, -0.1) is 26.3 Å². The highest BCUT2D eigenvalue weighted by Gasteiger charge is 2.46. The van der Waals surface area contributed by atoms with Crippen LogP contribution in [0.2, 0.25) is 0 Å².